The Kier molecular flexibility index (Phi) is 9.82. The molecular weight excluding hydrogens is 612 g/mol. The van der Waals surface area contributed by atoms with Crippen LogP contribution in [0.5, 0.6) is 0 Å². The number of hydrogen-bond acceptors (Lipinski definition) is 7. The summed E-state index contributed by atoms with van der Waals surface area (Å²) < 4.78 is 83.0. The number of halogens is 5. The Hall–Kier alpha value is -3.49. The van der Waals surface area contributed by atoms with Crippen LogP contribution in [-0.4, -0.2) is 42.4 Å². The van der Waals surface area contributed by atoms with E-state index in [1.54, 1.807) is 19.9 Å². The number of nitrogens with one attached hydrogen (secondary N) is 3. The second-order valence-electron chi connectivity index (χ2n) is 10.7. The Labute approximate surface area is 251 Å². The van der Waals surface area contributed by atoms with E-state index in [9.17, 15) is 26.4 Å². The van der Waals surface area contributed by atoms with Gasteiger partial charge in [0.25, 0.3) is 10.0 Å². The van der Waals surface area contributed by atoms with Crippen LogP contribution in [0.3, 0.4) is 0 Å². The Morgan fingerprint density at radius 1 is 1.12 bits per heavy atom. The van der Waals surface area contributed by atoms with Crippen LogP contribution in [0.25, 0.3) is 0 Å². The highest BCUT2D eigenvalue weighted by Gasteiger charge is 2.36. The quantitative estimate of drug-likeness (QED) is 0.232. The molecule has 4 atom stereocenters. The molecule has 5 N–H and O–H groups in total. The molecule has 0 radical (unpaired) electrons. The molecule has 1 fully saturated rings. The number of benzene rings is 2. The highest BCUT2D eigenvalue weighted by molar-refractivity contribution is 7.92. The van der Waals surface area contributed by atoms with Crippen molar-refractivity contribution in [1.82, 2.24) is 15.3 Å². The Bertz CT molecular complexity index is 1560. The first kappa shape index (κ1) is 32.4. The largest absolute Gasteiger partial charge is 0.416 e. The van der Waals surface area contributed by atoms with Crippen molar-refractivity contribution >= 4 is 39.0 Å². The van der Waals surface area contributed by atoms with E-state index in [1.807, 2.05) is 0 Å². The number of carbonyl (C=O) groups is 1. The number of carbonyl (C=O) groups excluding carboxylic acids is 1. The molecule has 15 heteroatoms. The lowest BCUT2D eigenvalue weighted by Gasteiger charge is -2.38. The van der Waals surface area contributed by atoms with Crippen LogP contribution in [0.15, 0.2) is 59.9 Å². The predicted molar refractivity (Wildman–Crippen MR) is 154 cm³/mol. The summed E-state index contributed by atoms with van der Waals surface area (Å²) in [6.07, 6.45) is -0.972. The molecule has 4 rings (SSSR count). The molecule has 0 saturated heterocycles. The van der Waals surface area contributed by atoms with Gasteiger partial charge in [-0.15, -0.1) is 0 Å². The van der Waals surface area contributed by atoms with E-state index >= 15 is 4.39 Å². The molecule has 1 aliphatic carbocycles. The molecule has 3 unspecified atom stereocenters. The maximum atomic E-state index is 15.2. The zero-order valence-electron chi connectivity index (χ0n) is 23.2. The molecule has 0 bridgehead atoms. The summed E-state index contributed by atoms with van der Waals surface area (Å²) >= 11 is 6.40. The molecule has 1 amide bonds. The predicted octanol–water partition coefficient (Wildman–Crippen LogP) is 5.31. The van der Waals surface area contributed by atoms with E-state index in [0.717, 1.165) is 30.6 Å². The molecule has 1 aliphatic rings. The number of hydrogen-bond donors (Lipinski definition) is 4. The minimum Gasteiger partial charge on any atom is -0.379 e. The van der Waals surface area contributed by atoms with Gasteiger partial charge in [0.15, 0.2) is 0 Å². The summed E-state index contributed by atoms with van der Waals surface area (Å²) in [6, 6.07) is 6.30. The highest BCUT2D eigenvalue weighted by Crippen LogP contribution is 2.38. The highest BCUT2D eigenvalue weighted by atomic mass is 35.5. The molecule has 3 aromatic rings. The molecule has 2 aromatic carbocycles. The van der Waals surface area contributed by atoms with Gasteiger partial charge in [-0.3, -0.25) is 9.52 Å². The molecule has 232 valence electrons. The fourth-order valence-corrected chi connectivity index (χ4v) is 6.32. The van der Waals surface area contributed by atoms with Gasteiger partial charge in [0.1, 0.15) is 22.9 Å². The summed E-state index contributed by atoms with van der Waals surface area (Å²) in [5, 5.41) is 5.91. The number of rotatable bonds is 9. The van der Waals surface area contributed by atoms with Gasteiger partial charge in [-0.05, 0) is 60.9 Å². The molecule has 0 aliphatic heterocycles. The number of sulfonamides is 1. The molecule has 0 spiro atoms. The maximum absolute atomic E-state index is 15.2. The molecule has 1 aromatic heterocycles. The fourth-order valence-electron chi connectivity index (χ4n) is 4.94. The summed E-state index contributed by atoms with van der Waals surface area (Å²) in [4.78, 5) is 19.7. The van der Waals surface area contributed by atoms with Crippen LogP contribution < -0.4 is 21.1 Å². The van der Waals surface area contributed by atoms with Crippen LogP contribution in [0, 0.1) is 11.7 Å². The van der Waals surface area contributed by atoms with Crippen molar-refractivity contribution in [3.8, 4) is 0 Å². The first-order chi connectivity index (χ1) is 20.2. The first-order valence-corrected chi connectivity index (χ1v) is 15.3. The third-order valence-corrected chi connectivity index (χ3v) is 9.04. The number of alkyl halides is 3. The van der Waals surface area contributed by atoms with Crippen LogP contribution in [0.2, 0.25) is 5.02 Å². The molecule has 1 saturated carbocycles. The number of nitrogens with zero attached hydrogens (tertiary/aromatic N) is 2. The molecule has 9 nitrogen and oxygen atoms in total. The lowest BCUT2D eigenvalue weighted by molar-refractivity contribution is -0.137. The summed E-state index contributed by atoms with van der Waals surface area (Å²) in [5.74, 6) is -2.08. The van der Waals surface area contributed by atoms with Gasteiger partial charge >= 0.3 is 6.18 Å². The zero-order chi connectivity index (χ0) is 31.5. The number of anilines is 2. The van der Waals surface area contributed by atoms with Crippen LogP contribution >= 0.6 is 11.6 Å². The second kappa shape index (κ2) is 13.0. The zero-order valence-corrected chi connectivity index (χ0v) is 24.8. The van der Waals surface area contributed by atoms with Crippen molar-refractivity contribution in [2.45, 2.75) is 68.2 Å². The van der Waals surface area contributed by atoms with Gasteiger partial charge in [0.2, 0.25) is 5.91 Å². The van der Waals surface area contributed by atoms with E-state index in [4.69, 9.17) is 17.3 Å². The van der Waals surface area contributed by atoms with E-state index in [0.29, 0.717) is 18.4 Å². The number of amides is 1. The minimum absolute atomic E-state index is 0.0663. The third-order valence-electron chi connectivity index (χ3n) is 7.36. The van der Waals surface area contributed by atoms with E-state index in [2.05, 4.69) is 25.3 Å². The Balaban J connectivity index is 1.59. The molecule has 43 heavy (non-hydrogen) atoms. The van der Waals surface area contributed by atoms with Crippen LogP contribution in [0.1, 0.15) is 50.2 Å². The van der Waals surface area contributed by atoms with Crippen molar-refractivity contribution < 1.29 is 30.8 Å². The van der Waals surface area contributed by atoms with Gasteiger partial charge in [-0.1, -0.05) is 43.6 Å². The topological polar surface area (TPSA) is 139 Å². The average Bonchev–Trinajstić information content (AvgIpc) is 2.95. The lowest BCUT2D eigenvalue weighted by atomic mass is 9.78. The summed E-state index contributed by atoms with van der Waals surface area (Å²) in [5.41, 5.74) is 5.84. The summed E-state index contributed by atoms with van der Waals surface area (Å²) in [7, 11) is -4.39. The molecular formula is C28H31ClF4N6O3S. The maximum Gasteiger partial charge on any atom is 0.416 e. The molecule has 1 heterocycles. The fraction of sp³-hybridized carbons (Fsp3) is 0.393. The Morgan fingerprint density at radius 3 is 2.51 bits per heavy atom. The normalized spacial score (nSPS) is 20.0. The second-order valence-corrected chi connectivity index (χ2v) is 12.8. The van der Waals surface area contributed by atoms with E-state index < -0.39 is 56.5 Å². The summed E-state index contributed by atoms with van der Waals surface area (Å²) in [6.45, 7) is 3.56. The van der Waals surface area contributed by atoms with Crippen LogP contribution in [-0.2, 0) is 21.0 Å². The first-order valence-electron chi connectivity index (χ1n) is 13.4. The number of aromatic nitrogens is 2. The standard InChI is InChI=1S/C28H31ClF4N6O3S/c1-15(2)26(34)27(40)38-23-11-17(16-4-3-5-18(10-16)28(31,32)33)6-7-21(23)37-22-13-20(30)24(12-19(22)29)43(41,42)39-25-8-9-35-14-36-25/h3-5,8-10,12-15,17,21,23,26,37H,6-7,11,34H2,1-2H3,(H,38,40)(H,35,36,39)/t17-,21?,23?,26?/m0/s1. The third kappa shape index (κ3) is 7.92. The van der Waals surface area contributed by atoms with Crippen molar-refractivity contribution in [2.75, 3.05) is 10.0 Å². The van der Waals surface area contributed by atoms with E-state index in [1.165, 1.54) is 18.3 Å². The minimum atomic E-state index is -4.50. The van der Waals surface area contributed by atoms with Crippen LogP contribution in [0.4, 0.5) is 29.1 Å². The van der Waals surface area contributed by atoms with Gasteiger partial charge in [0, 0.05) is 18.3 Å². The van der Waals surface area contributed by atoms with E-state index in [-0.39, 0.29) is 34.8 Å². The average molecular weight is 643 g/mol. The SMILES string of the molecule is CC(C)C(N)C(=O)NC1C[C@@H](c2cccc(C(F)(F)F)c2)CCC1Nc1cc(F)c(S(=O)(=O)Nc2ccncn2)cc1Cl. The van der Waals surface area contributed by atoms with Gasteiger partial charge in [0.05, 0.1) is 22.3 Å². The van der Waals surface area contributed by atoms with Crippen molar-refractivity contribution in [2.24, 2.45) is 11.7 Å². The van der Waals surface area contributed by atoms with Crippen molar-refractivity contribution in [3.63, 3.8) is 0 Å². The van der Waals surface area contributed by atoms with Crippen molar-refractivity contribution in [3.05, 3.63) is 77.0 Å². The monoisotopic (exact) mass is 642 g/mol. The van der Waals surface area contributed by atoms with Gasteiger partial charge in [-0.25, -0.2) is 22.8 Å². The Morgan fingerprint density at radius 2 is 1.86 bits per heavy atom. The smallest absolute Gasteiger partial charge is 0.379 e. The van der Waals surface area contributed by atoms with Crippen molar-refractivity contribution in [1.29, 1.82) is 0 Å². The van der Waals surface area contributed by atoms with Gasteiger partial charge < -0.3 is 16.4 Å². The van der Waals surface area contributed by atoms with Gasteiger partial charge in [-0.2, -0.15) is 13.2 Å². The number of nitrogens with two attached hydrogens (primary N) is 1. The lowest BCUT2D eigenvalue weighted by Crippen LogP contribution is -2.54.